The molecular weight excluding hydrogens is 505 g/mol. The van der Waals surface area contributed by atoms with Crippen molar-refractivity contribution in [3.05, 3.63) is 119 Å². The number of nitriles is 1. The quantitative estimate of drug-likeness (QED) is 0.298. The average molecular weight is 528 g/mol. The van der Waals surface area contributed by atoms with E-state index in [0.717, 1.165) is 10.9 Å². The van der Waals surface area contributed by atoms with E-state index in [2.05, 4.69) is 31.3 Å². The molecule has 0 aliphatic heterocycles. The Morgan fingerprint density at radius 1 is 0.975 bits per heavy atom. The van der Waals surface area contributed by atoms with Crippen LogP contribution in [0.4, 0.5) is 10.2 Å². The van der Waals surface area contributed by atoms with Crippen LogP contribution in [0, 0.1) is 24.1 Å². The second-order valence-corrected chi connectivity index (χ2v) is 9.41. The zero-order valence-electron chi connectivity index (χ0n) is 21.6. The number of halogens is 1. The Morgan fingerprint density at radius 3 is 2.50 bits per heavy atom. The number of anilines is 1. The van der Waals surface area contributed by atoms with Gasteiger partial charge in [0.15, 0.2) is 0 Å². The maximum Gasteiger partial charge on any atom is 0.263 e. The first-order chi connectivity index (χ1) is 19.4. The van der Waals surface area contributed by atoms with Crippen LogP contribution in [0.1, 0.15) is 30.0 Å². The van der Waals surface area contributed by atoms with E-state index in [1.54, 1.807) is 54.2 Å². The van der Waals surface area contributed by atoms with E-state index in [1.807, 2.05) is 31.2 Å². The smallest absolute Gasteiger partial charge is 0.263 e. The lowest BCUT2D eigenvalue weighted by Gasteiger charge is -2.22. The summed E-state index contributed by atoms with van der Waals surface area (Å²) in [5, 5.41) is 14.7. The molecule has 6 aromatic rings. The average Bonchev–Trinajstić information content (AvgIpc) is 2.97. The third kappa shape index (κ3) is 4.41. The van der Waals surface area contributed by atoms with Crippen molar-refractivity contribution in [2.45, 2.75) is 19.9 Å². The molecule has 0 amide bonds. The van der Waals surface area contributed by atoms with Gasteiger partial charge in [0.2, 0.25) is 0 Å². The monoisotopic (exact) mass is 527 g/mol. The molecule has 0 bridgehead atoms. The van der Waals surface area contributed by atoms with E-state index in [9.17, 15) is 14.4 Å². The number of rotatable bonds is 5. The highest BCUT2D eigenvalue weighted by atomic mass is 19.1. The number of aryl methyl sites for hydroxylation is 1. The minimum absolute atomic E-state index is 0.261. The van der Waals surface area contributed by atoms with Crippen molar-refractivity contribution >= 4 is 27.5 Å². The molecule has 0 aliphatic carbocycles. The van der Waals surface area contributed by atoms with Gasteiger partial charge in [-0.05, 0) is 73.3 Å². The standard InChI is InChI=1S/C31H22FN7O/c1-18(38-30-26-12-20(14-33)6-11-27(26)36-17-37-30)28-13-21-4-3-5-25(22-15-34-19(2)35-16-22)29(21)31(40)39(28)24-9-7-23(32)8-10-24/h3-13,15-18H,1-2H3,(H,36,37,38)/t18-/m0/s1. The first-order valence-electron chi connectivity index (χ1n) is 12.6. The van der Waals surface area contributed by atoms with Crippen molar-refractivity contribution in [2.75, 3.05) is 5.32 Å². The fraction of sp³-hybridized carbons (Fsp3) is 0.0968. The third-order valence-corrected chi connectivity index (χ3v) is 6.81. The zero-order valence-corrected chi connectivity index (χ0v) is 21.6. The number of pyridine rings is 1. The number of hydrogen-bond donors (Lipinski definition) is 1. The molecule has 0 saturated carbocycles. The maximum atomic E-state index is 14.3. The van der Waals surface area contributed by atoms with Gasteiger partial charge in [0.25, 0.3) is 5.56 Å². The van der Waals surface area contributed by atoms with E-state index in [-0.39, 0.29) is 5.56 Å². The molecule has 6 rings (SSSR count). The molecule has 0 aliphatic rings. The van der Waals surface area contributed by atoms with Crippen molar-refractivity contribution in [1.29, 1.82) is 5.26 Å². The molecule has 3 aromatic heterocycles. The van der Waals surface area contributed by atoms with Gasteiger partial charge >= 0.3 is 0 Å². The van der Waals surface area contributed by atoms with Gasteiger partial charge in [0, 0.05) is 34.7 Å². The van der Waals surface area contributed by atoms with Crippen LogP contribution in [0.3, 0.4) is 0 Å². The normalized spacial score (nSPS) is 11.8. The molecule has 0 saturated heterocycles. The molecule has 8 nitrogen and oxygen atoms in total. The fourth-order valence-electron chi connectivity index (χ4n) is 4.85. The molecular formula is C31H22FN7O. The van der Waals surface area contributed by atoms with Crippen LogP contribution in [0.5, 0.6) is 0 Å². The molecule has 1 atom stereocenters. The second-order valence-electron chi connectivity index (χ2n) is 9.41. The first-order valence-corrected chi connectivity index (χ1v) is 12.6. The lowest BCUT2D eigenvalue weighted by molar-refractivity contribution is 0.627. The van der Waals surface area contributed by atoms with Crippen molar-refractivity contribution < 1.29 is 4.39 Å². The number of nitrogens with zero attached hydrogens (tertiary/aromatic N) is 6. The summed E-state index contributed by atoms with van der Waals surface area (Å²) < 4.78 is 15.5. The van der Waals surface area contributed by atoms with Crippen molar-refractivity contribution in [1.82, 2.24) is 24.5 Å². The van der Waals surface area contributed by atoms with Crippen LogP contribution in [0.2, 0.25) is 0 Å². The number of nitrogens with one attached hydrogen (secondary N) is 1. The molecule has 194 valence electrons. The maximum absolute atomic E-state index is 14.3. The Morgan fingerprint density at radius 2 is 1.75 bits per heavy atom. The van der Waals surface area contributed by atoms with E-state index in [1.165, 1.54) is 18.5 Å². The molecule has 9 heteroatoms. The number of fused-ring (bicyclic) bond motifs is 2. The second kappa shape index (κ2) is 10.0. The van der Waals surface area contributed by atoms with Crippen molar-refractivity contribution in [3.63, 3.8) is 0 Å². The Bertz CT molecular complexity index is 2000. The van der Waals surface area contributed by atoms with E-state index >= 15 is 0 Å². The Labute approximate surface area is 228 Å². The van der Waals surface area contributed by atoms with Gasteiger partial charge in [-0.25, -0.2) is 24.3 Å². The lowest BCUT2D eigenvalue weighted by atomic mass is 9.99. The highest BCUT2D eigenvalue weighted by Crippen LogP contribution is 2.31. The van der Waals surface area contributed by atoms with Crippen LogP contribution < -0.4 is 10.9 Å². The van der Waals surface area contributed by atoms with Gasteiger partial charge in [0.1, 0.15) is 23.8 Å². The molecule has 40 heavy (non-hydrogen) atoms. The minimum atomic E-state index is -0.419. The molecule has 0 spiro atoms. The summed E-state index contributed by atoms with van der Waals surface area (Å²) in [4.78, 5) is 31.6. The summed E-state index contributed by atoms with van der Waals surface area (Å²) in [6, 6.07) is 20.3. The van der Waals surface area contributed by atoms with Gasteiger partial charge in [-0.15, -0.1) is 0 Å². The van der Waals surface area contributed by atoms with Crippen LogP contribution >= 0.6 is 0 Å². The van der Waals surface area contributed by atoms with Crippen molar-refractivity contribution in [3.8, 4) is 22.9 Å². The summed E-state index contributed by atoms with van der Waals surface area (Å²) in [6.07, 6.45) is 4.85. The van der Waals surface area contributed by atoms with Gasteiger partial charge in [-0.1, -0.05) is 18.2 Å². The Balaban J connectivity index is 1.56. The van der Waals surface area contributed by atoms with Crippen LogP contribution in [-0.4, -0.2) is 24.5 Å². The van der Waals surface area contributed by atoms with Crippen LogP contribution in [0.15, 0.2) is 90.2 Å². The number of benzene rings is 3. The number of aromatic nitrogens is 5. The lowest BCUT2D eigenvalue weighted by Crippen LogP contribution is -2.26. The fourth-order valence-corrected chi connectivity index (χ4v) is 4.85. The van der Waals surface area contributed by atoms with E-state index < -0.39 is 11.9 Å². The molecule has 3 heterocycles. The zero-order chi connectivity index (χ0) is 27.8. The molecule has 0 unspecified atom stereocenters. The third-order valence-electron chi connectivity index (χ3n) is 6.81. The molecule has 3 aromatic carbocycles. The Kier molecular flexibility index (Phi) is 6.21. The topological polar surface area (TPSA) is 109 Å². The summed E-state index contributed by atoms with van der Waals surface area (Å²) in [5.41, 5.74) is 3.50. The molecule has 1 N–H and O–H groups in total. The van der Waals surface area contributed by atoms with Crippen molar-refractivity contribution in [2.24, 2.45) is 0 Å². The highest BCUT2D eigenvalue weighted by Gasteiger charge is 2.20. The molecule has 0 fully saturated rings. The predicted molar refractivity (Wildman–Crippen MR) is 152 cm³/mol. The molecule has 0 radical (unpaired) electrons. The van der Waals surface area contributed by atoms with Gasteiger partial charge in [-0.2, -0.15) is 5.26 Å². The van der Waals surface area contributed by atoms with Crippen LogP contribution in [0.25, 0.3) is 38.5 Å². The Hall–Kier alpha value is -5.49. The van der Waals surface area contributed by atoms with Gasteiger partial charge in [-0.3, -0.25) is 9.36 Å². The van der Waals surface area contributed by atoms with E-state index in [0.29, 0.717) is 50.4 Å². The highest BCUT2D eigenvalue weighted by molar-refractivity contribution is 5.96. The predicted octanol–water partition coefficient (Wildman–Crippen LogP) is 5.88. The summed E-state index contributed by atoms with van der Waals surface area (Å²) in [7, 11) is 0. The number of hydrogen-bond acceptors (Lipinski definition) is 7. The largest absolute Gasteiger partial charge is 0.361 e. The first kappa shape index (κ1) is 24.8. The SMILES string of the molecule is Cc1ncc(-c2cccc3cc([C@H](C)Nc4ncnc5ccc(C#N)cc45)n(-c4ccc(F)cc4)c(=O)c23)cn1. The summed E-state index contributed by atoms with van der Waals surface area (Å²) in [5.74, 6) is 0.760. The summed E-state index contributed by atoms with van der Waals surface area (Å²) in [6.45, 7) is 3.72. The van der Waals surface area contributed by atoms with Crippen LogP contribution in [-0.2, 0) is 0 Å². The van der Waals surface area contributed by atoms with Gasteiger partial charge in [0.05, 0.1) is 28.6 Å². The summed E-state index contributed by atoms with van der Waals surface area (Å²) >= 11 is 0. The van der Waals surface area contributed by atoms with E-state index in [4.69, 9.17) is 0 Å². The van der Waals surface area contributed by atoms with Gasteiger partial charge < -0.3 is 5.32 Å². The minimum Gasteiger partial charge on any atom is -0.361 e.